The van der Waals surface area contributed by atoms with Gasteiger partial charge in [-0.25, -0.2) is 9.59 Å². The molecule has 0 radical (unpaired) electrons. The van der Waals surface area contributed by atoms with Crippen molar-refractivity contribution in [2.75, 3.05) is 20.2 Å². The van der Waals surface area contributed by atoms with E-state index in [-0.39, 0.29) is 29.3 Å². The number of rotatable bonds is 3. The number of carbonyl (C=O) groups is 2. The van der Waals surface area contributed by atoms with Gasteiger partial charge in [-0.15, -0.1) is 0 Å². The molecule has 136 valence electrons. The molecule has 3 atom stereocenters. The quantitative estimate of drug-likeness (QED) is 0.833. The summed E-state index contributed by atoms with van der Waals surface area (Å²) in [4.78, 5) is 38.4. The highest BCUT2D eigenvalue weighted by atomic mass is 16.5. The number of hydrogen-bond acceptors (Lipinski definition) is 4. The summed E-state index contributed by atoms with van der Waals surface area (Å²) in [6.45, 7) is 5.53. The number of likely N-dealkylation sites (tertiary alicyclic amines) is 1. The molecule has 1 saturated heterocycles. The first-order valence-corrected chi connectivity index (χ1v) is 8.73. The summed E-state index contributed by atoms with van der Waals surface area (Å²) in [5.41, 5.74) is 1.02. The van der Waals surface area contributed by atoms with E-state index in [0.717, 1.165) is 12.1 Å². The predicted octanol–water partition coefficient (Wildman–Crippen LogP) is 1.17. The molecule has 1 fully saturated rings. The lowest BCUT2D eigenvalue weighted by Crippen LogP contribution is -2.55. The number of pyridine rings is 1. The molecule has 3 rings (SSSR count). The van der Waals surface area contributed by atoms with Crippen LogP contribution in [0.3, 0.4) is 0 Å². The molecule has 1 aromatic heterocycles. The van der Waals surface area contributed by atoms with Gasteiger partial charge in [-0.2, -0.15) is 0 Å². The second-order valence-electron chi connectivity index (χ2n) is 7.30. The van der Waals surface area contributed by atoms with Crippen LogP contribution < -0.4 is 10.9 Å². The molecule has 0 aromatic carbocycles. The third kappa shape index (κ3) is 3.41. The van der Waals surface area contributed by atoms with Crippen molar-refractivity contribution in [3.05, 3.63) is 34.2 Å². The summed E-state index contributed by atoms with van der Waals surface area (Å²) in [5.74, 6) is -0.0760. The third-order valence-electron chi connectivity index (χ3n) is 5.17. The first kappa shape index (κ1) is 17.5. The van der Waals surface area contributed by atoms with E-state index in [2.05, 4.69) is 5.32 Å². The van der Waals surface area contributed by atoms with Crippen molar-refractivity contribution in [1.29, 1.82) is 0 Å². The van der Waals surface area contributed by atoms with E-state index in [0.29, 0.717) is 19.6 Å². The van der Waals surface area contributed by atoms with Gasteiger partial charge < -0.3 is 19.5 Å². The van der Waals surface area contributed by atoms with Gasteiger partial charge in [0.25, 0.3) is 5.56 Å². The summed E-state index contributed by atoms with van der Waals surface area (Å²) >= 11 is 0. The van der Waals surface area contributed by atoms with E-state index >= 15 is 0 Å². The van der Waals surface area contributed by atoms with Gasteiger partial charge in [0.15, 0.2) is 0 Å². The largest absolute Gasteiger partial charge is 0.467 e. The molecule has 1 unspecified atom stereocenters. The molecule has 2 amide bonds. The average molecular weight is 347 g/mol. The summed E-state index contributed by atoms with van der Waals surface area (Å²) in [7, 11) is 1.32. The first-order chi connectivity index (χ1) is 11.9. The van der Waals surface area contributed by atoms with Gasteiger partial charge >= 0.3 is 12.0 Å². The van der Waals surface area contributed by atoms with Gasteiger partial charge in [0.2, 0.25) is 0 Å². The Hall–Kier alpha value is -2.31. The van der Waals surface area contributed by atoms with Crippen LogP contribution in [0, 0.1) is 11.8 Å². The lowest BCUT2D eigenvalue weighted by Gasteiger charge is -2.43. The number of piperidine rings is 1. The molecule has 1 aromatic rings. The molecule has 1 N–H and O–H groups in total. The highest BCUT2D eigenvalue weighted by Gasteiger charge is 2.37. The van der Waals surface area contributed by atoms with Crippen LogP contribution in [0.15, 0.2) is 23.0 Å². The van der Waals surface area contributed by atoms with Crippen LogP contribution >= 0.6 is 0 Å². The molecule has 0 aliphatic carbocycles. The van der Waals surface area contributed by atoms with Crippen LogP contribution in [-0.2, 0) is 16.1 Å². The second-order valence-corrected chi connectivity index (χ2v) is 7.30. The first-order valence-electron chi connectivity index (χ1n) is 8.73. The molecule has 3 heterocycles. The molecule has 2 aliphatic rings. The van der Waals surface area contributed by atoms with E-state index < -0.39 is 12.0 Å². The maximum atomic E-state index is 12.7. The Balaban J connectivity index is 1.75. The molecule has 25 heavy (non-hydrogen) atoms. The van der Waals surface area contributed by atoms with Crippen LogP contribution in [0.5, 0.6) is 0 Å². The Labute approximate surface area is 147 Å². The molecule has 0 spiro atoms. The van der Waals surface area contributed by atoms with E-state index in [4.69, 9.17) is 4.74 Å². The van der Waals surface area contributed by atoms with Gasteiger partial charge in [-0.1, -0.05) is 19.9 Å². The topological polar surface area (TPSA) is 80.6 Å². The maximum Gasteiger partial charge on any atom is 0.328 e. The van der Waals surface area contributed by atoms with E-state index in [1.807, 2.05) is 24.5 Å². The number of urea groups is 1. The molecular formula is C18H25N3O4. The number of methoxy groups -OCH3 is 1. The zero-order valence-corrected chi connectivity index (χ0v) is 14.9. The Morgan fingerprint density at radius 2 is 2.00 bits per heavy atom. The summed E-state index contributed by atoms with van der Waals surface area (Å²) < 4.78 is 6.62. The lowest BCUT2D eigenvalue weighted by molar-refractivity contribution is -0.144. The summed E-state index contributed by atoms with van der Waals surface area (Å²) in [6.07, 6.45) is 0.984. The van der Waals surface area contributed by atoms with Crippen molar-refractivity contribution < 1.29 is 14.3 Å². The Kier molecular flexibility index (Phi) is 4.83. The van der Waals surface area contributed by atoms with Crippen molar-refractivity contribution in [3.63, 3.8) is 0 Å². The minimum absolute atomic E-state index is 0.0238. The van der Waals surface area contributed by atoms with E-state index in [1.165, 1.54) is 7.11 Å². The maximum absolute atomic E-state index is 12.7. The predicted molar refractivity (Wildman–Crippen MR) is 92.3 cm³/mol. The Morgan fingerprint density at radius 1 is 1.24 bits per heavy atom. The van der Waals surface area contributed by atoms with Crippen molar-refractivity contribution in [2.45, 2.75) is 38.8 Å². The van der Waals surface area contributed by atoms with Crippen LogP contribution in [0.4, 0.5) is 4.79 Å². The normalized spacial score (nSPS) is 23.0. The number of amides is 2. The minimum atomic E-state index is -0.658. The lowest BCUT2D eigenvalue weighted by atomic mass is 9.83. The smallest absolute Gasteiger partial charge is 0.328 e. The van der Waals surface area contributed by atoms with E-state index in [1.54, 1.807) is 17.0 Å². The monoisotopic (exact) mass is 347 g/mol. The second kappa shape index (κ2) is 6.90. The summed E-state index contributed by atoms with van der Waals surface area (Å²) in [6, 6.07) is 4.42. The molecule has 7 nitrogen and oxygen atoms in total. The van der Waals surface area contributed by atoms with Crippen LogP contribution in [0.2, 0.25) is 0 Å². The highest BCUT2D eigenvalue weighted by Crippen LogP contribution is 2.34. The number of ether oxygens (including phenoxy) is 1. The molecule has 2 bridgehead atoms. The van der Waals surface area contributed by atoms with Crippen molar-refractivity contribution in [2.24, 2.45) is 11.8 Å². The fourth-order valence-corrected chi connectivity index (χ4v) is 3.91. The zero-order chi connectivity index (χ0) is 18.1. The number of carbonyl (C=O) groups excluding carboxylic acids is 2. The standard InChI is InChI=1S/C18H25N3O4/c1-11(2)16(17(23)25-3)19-18(24)20-8-12-7-13(10-20)14-5-4-6-15(22)21(14)9-12/h4-6,11-13,16H,7-10H2,1-3H3,(H,19,24)/t12-,13?,16-/m1/s1. The van der Waals surface area contributed by atoms with Gasteiger partial charge in [0, 0.05) is 37.3 Å². The van der Waals surface area contributed by atoms with Crippen LogP contribution in [0.1, 0.15) is 31.9 Å². The number of nitrogens with zero attached hydrogens (tertiary/aromatic N) is 2. The summed E-state index contributed by atoms with van der Waals surface area (Å²) in [5, 5.41) is 2.81. The van der Waals surface area contributed by atoms with Crippen molar-refractivity contribution in [3.8, 4) is 0 Å². The number of esters is 1. The SMILES string of the molecule is COC(=O)[C@H](NC(=O)N1CC2C[C@H](C1)Cn1c2cccc1=O)C(C)C. The molecule has 0 saturated carbocycles. The third-order valence-corrected chi connectivity index (χ3v) is 5.17. The van der Waals surface area contributed by atoms with Crippen LogP contribution in [0.25, 0.3) is 0 Å². The van der Waals surface area contributed by atoms with Gasteiger partial charge in [-0.3, -0.25) is 4.79 Å². The van der Waals surface area contributed by atoms with Crippen molar-refractivity contribution in [1.82, 2.24) is 14.8 Å². The molecular weight excluding hydrogens is 322 g/mol. The molecule has 2 aliphatic heterocycles. The Bertz CT molecular complexity index is 727. The Morgan fingerprint density at radius 3 is 2.68 bits per heavy atom. The average Bonchev–Trinajstić information content (AvgIpc) is 2.59. The molecule has 7 heteroatoms. The number of nitrogens with one attached hydrogen (secondary N) is 1. The zero-order valence-electron chi connectivity index (χ0n) is 14.9. The van der Waals surface area contributed by atoms with E-state index in [9.17, 15) is 14.4 Å². The highest BCUT2D eigenvalue weighted by molar-refractivity contribution is 5.83. The fraction of sp³-hybridized carbons (Fsp3) is 0.611. The van der Waals surface area contributed by atoms with Gasteiger partial charge in [-0.05, 0) is 24.3 Å². The number of hydrogen-bond donors (Lipinski definition) is 1. The van der Waals surface area contributed by atoms with Crippen LogP contribution in [-0.4, -0.2) is 47.7 Å². The number of fused-ring (bicyclic) bond motifs is 4. The van der Waals surface area contributed by atoms with Gasteiger partial charge in [0.05, 0.1) is 7.11 Å². The number of aromatic nitrogens is 1. The van der Waals surface area contributed by atoms with Crippen molar-refractivity contribution >= 4 is 12.0 Å². The fourth-order valence-electron chi connectivity index (χ4n) is 3.91. The van der Waals surface area contributed by atoms with Gasteiger partial charge in [0.1, 0.15) is 6.04 Å². The minimum Gasteiger partial charge on any atom is -0.467 e.